The first kappa shape index (κ1) is 13.1. The number of hydrogen-bond acceptors (Lipinski definition) is 4. The third kappa shape index (κ3) is 2.74. The average Bonchev–Trinajstić information content (AvgIpc) is 2.41. The van der Waals surface area contributed by atoms with Gasteiger partial charge in [0.1, 0.15) is 16.9 Å². The molecule has 96 valence electrons. The van der Waals surface area contributed by atoms with Gasteiger partial charge in [-0.25, -0.2) is 4.98 Å². The van der Waals surface area contributed by atoms with E-state index in [0.29, 0.717) is 16.5 Å². The Morgan fingerprint density at radius 1 is 1.56 bits per heavy atom. The maximum Gasteiger partial charge on any atom is 0.148 e. The second kappa shape index (κ2) is 6.03. The molecule has 1 aromatic heterocycles. The van der Waals surface area contributed by atoms with Crippen LogP contribution in [0, 0.1) is 17.2 Å². The van der Waals surface area contributed by atoms with E-state index in [1.54, 1.807) is 19.4 Å². The third-order valence-electron chi connectivity index (χ3n) is 3.31. The number of aromatic nitrogens is 1. The van der Waals surface area contributed by atoms with Crippen LogP contribution in [0.25, 0.3) is 0 Å². The van der Waals surface area contributed by atoms with E-state index < -0.39 is 0 Å². The predicted octanol–water partition coefficient (Wildman–Crippen LogP) is 2.47. The first-order chi connectivity index (χ1) is 8.76. The summed E-state index contributed by atoms with van der Waals surface area (Å²) in [6.45, 7) is 2.64. The van der Waals surface area contributed by atoms with E-state index in [1.807, 2.05) is 0 Å². The highest BCUT2D eigenvalue weighted by atomic mass is 35.5. The molecule has 0 spiro atoms. The number of rotatable bonds is 3. The molecule has 0 N–H and O–H groups in total. The molecule has 18 heavy (non-hydrogen) atoms. The summed E-state index contributed by atoms with van der Waals surface area (Å²) >= 11 is 6.19. The number of halogens is 1. The molecule has 1 aliphatic rings. The van der Waals surface area contributed by atoms with Crippen LogP contribution >= 0.6 is 11.6 Å². The van der Waals surface area contributed by atoms with Gasteiger partial charge in [0.15, 0.2) is 0 Å². The number of anilines is 1. The first-order valence-electron chi connectivity index (χ1n) is 6.04. The van der Waals surface area contributed by atoms with Gasteiger partial charge < -0.3 is 9.64 Å². The van der Waals surface area contributed by atoms with Crippen LogP contribution in [0.2, 0.25) is 5.02 Å². The van der Waals surface area contributed by atoms with Gasteiger partial charge in [-0.1, -0.05) is 11.6 Å². The second-order valence-corrected chi connectivity index (χ2v) is 4.87. The highest BCUT2D eigenvalue weighted by Crippen LogP contribution is 2.29. The molecule has 0 saturated carbocycles. The van der Waals surface area contributed by atoms with Gasteiger partial charge in [-0.15, -0.1) is 0 Å². The van der Waals surface area contributed by atoms with Crippen molar-refractivity contribution in [2.24, 2.45) is 5.92 Å². The fourth-order valence-electron chi connectivity index (χ4n) is 2.29. The van der Waals surface area contributed by atoms with Crippen molar-refractivity contribution in [2.75, 3.05) is 31.7 Å². The molecule has 5 heteroatoms. The van der Waals surface area contributed by atoms with Crippen LogP contribution in [0.15, 0.2) is 12.3 Å². The van der Waals surface area contributed by atoms with Gasteiger partial charge >= 0.3 is 0 Å². The van der Waals surface area contributed by atoms with Gasteiger partial charge in [-0.05, 0) is 24.8 Å². The summed E-state index contributed by atoms with van der Waals surface area (Å²) in [5, 5.41) is 9.42. The lowest BCUT2D eigenvalue weighted by molar-refractivity contribution is 0.139. The topological polar surface area (TPSA) is 49.1 Å². The molecule has 0 amide bonds. The third-order valence-corrected chi connectivity index (χ3v) is 3.68. The van der Waals surface area contributed by atoms with E-state index in [9.17, 15) is 0 Å². The normalized spacial score (nSPS) is 16.6. The van der Waals surface area contributed by atoms with Gasteiger partial charge in [0.05, 0.1) is 5.56 Å². The van der Waals surface area contributed by atoms with Crippen molar-refractivity contribution in [1.29, 1.82) is 5.26 Å². The van der Waals surface area contributed by atoms with E-state index in [2.05, 4.69) is 16.0 Å². The van der Waals surface area contributed by atoms with Crippen molar-refractivity contribution >= 4 is 17.4 Å². The van der Waals surface area contributed by atoms with Gasteiger partial charge in [-0.3, -0.25) is 0 Å². The van der Waals surface area contributed by atoms with Gasteiger partial charge in [0, 0.05) is 33.0 Å². The van der Waals surface area contributed by atoms with Crippen molar-refractivity contribution < 1.29 is 4.74 Å². The molecule has 0 bridgehead atoms. The fourth-order valence-corrected chi connectivity index (χ4v) is 2.56. The van der Waals surface area contributed by atoms with E-state index in [1.165, 1.54) is 0 Å². The van der Waals surface area contributed by atoms with Crippen molar-refractivity contribution in [1.82, 2.24) is 4.98 Å². The van der Waals surface area contributed by atoms with Crippen molar-refractivity contribution in [3.63, 3.8) is 0 Å². The van der Waals surface area contributed by atoms with Crippen molar-refractivity contribution in [3.8, 4) is 6.07 Å². The highest BCUT2D eigenvalue weighted by Gasteiger charge is 2.22. The molecule has 1 fully saturated rings. The summed E-state index contributed by atoms with van der Waals surface area (Å²) in [5.41, 5.74) is 0.487. The average molecular weight is 266 g/mol. The predicted molar refractivity (Wildman–Crippen MR) is 70.8 cm³/mol. The molecule has 1 saturated heterocycles. The Morgan fingerprint density at radius 2 is 2.28 bits per heavy atom. The molecular formula is C13H16ClN3O. The lowest BCUT2D eigenvalue weighted by Crippen LogP contribution is -2.35. The molecular weight excluding hydrogens is 250 g/mol. The summed E-state index contributed by atoms with van der Waals surface area (Å²) < 4.78 is 5.18. The fraction of sp³-hybridized carbons (Fsp3) is 0.538. The minimum absolute atomic E-state index is 0.463. The Kier molecular flexibility index (Phi) is 4.40. The quantitative estimate of drug-likeness (QED) is 0.842. The molecule has 0 aliphatic carbocycles. The summed E-state index contributed by atoms with van der Waals surface area (Å²) in [4.78, 5) is 6.44. The van der Waals surface area contributed by atoms with Crippen LogP contribution in [0.1, 0.15) is 18.4 Å². The van der Waals surface area contributed by atoms with Gasteiger partial charge in [-0.2, -0.15) is 5.26 Å². The minimum atomic E-state index is 0.463. The molecule has 1 aromatic rings. The van der Waals surface area contributed by atoms with E-state index in [4.69, 9.17) is 21.6 Å². The molecule has 4 nitrogen and oxygen atoms in total. The van der Waals surface area contributed by atoms with E-state index in [0.717, 1.165) is 38.4 Å². The van der Waals surface area contributed by atoms with Crippen molar-refractivity contribution in [3.05, 3.63) is 22.8 Å². The lowest BCUT2D eigenvalue weighted by Gasteiger charge is -2.32. The number of pyridine rings is 1. The number of nitriles is 1. The first-order valence-corrected chi connectivity index (χ1v) is 6.42. The summed E-state index contributed by atoms with van der Waals surface area (Å²) in [7, 11) is 1.74. The minimum Gasteiger partial charge on any atom is -0.384 e. The molecule has 0 aromatic carbocycles. The Hall–Kier alpha value is -1.31. The van der Waals surface area contributed by atoms with Crippen LogP contribution < -0.4 is 4.90 Å². The molecule has 0 radical (unpaired) electrons. The van der Waals surface area contributed by atoms with Crippen LogP contribution in [0.3, 0.4) is 0 Å². The Balaban J connectivity index is 2.08. The number of piperidine rings is 1. The molecule has 0 atom stereocenters. The largest absolute Gasteiger partial charge is 0.384 e. The van der Waals surface area contributed by atoms with Crippen LogP contribution in [-0.4, -0.2) is 31.8 Å². The second-order valence-electron chi connectivity index (χ2n) is 4.49. The van der Waals surface area contributed by atoms with Gasteiger partial charge in [0.25, 0.3) is 0 Å². The number of hydrogen-bond donors (Lipinski definition) is 0. The summed E-state index contributed by atoms with van der Waals surface area (Å²) in [6, 6.07) is 3.73. The Bertz CT molecular complexity index is 450. The number of methoxy groups -OCH3 is 1. The molecule has 2 heterocycles. The zero-order valence-electron chi connectivity index (χ0n) is 10.4. The standard InChI is InChI=1S/C13H16ClN3O/c1-18-9-10-3-6-17(7-4-10)13-12(14)11(8-15)2-5-16-13/h2,5,10H,3-4,6-7,9H2,1H3. The Labute approximate surface area is 112 Å². The maximum atomic E-state index is 8.96. The number of ether oxygens (including phenoxy) is 1. The monoisotopic (exact) mass is 265 g/mol. The smallest absolute Gasteiger partial charge is 0.148 e. The summed E-state index contributed by atoms with van der Waals surface area (Å²) in [5.74, 6) is 1.34. The Morgan fingerprint density at radius 3 is 2.89 bits per heavy atom. The molecule has 0 unspecified atom stereocenters. The SMILES string of the molecule is COCC1CCN(c2nccc(C#N)c2Cl)CC1. The van der Waals surface area contributed by atoms with Crippen LogP contribution in [0.4, 0.5) is 5.82 Å². The zero-order valence-corrected chi connectivity index (χ0v) is 11.2. The zero-order chi connectivity index (χ0) is 13.0. The summed E-state index contributed by atoms with van der Waals surface area (Å²) in [6.07, 6.45) is 3.78. The highest BCUT2D eigenvalue weighted by molar-refractivity contribution is 6.34. The van der Waals surface area contributed by atoms with Crippen molar-refractivity contribution in [2.45, 2.75) is 12.8 Å². The number of nitrogens with zero attached hydrogens (tertiary/aromatic N) is 3. The van der Waals surface area contributed by atoms with Crippen LogP contribution in [-0.2, 0) is 4.74 Å². The van der Waals surface area contributed by atoms with E-state index in [-0.39, 0.29) is 0 Å². The van der Waals surface area contributed by atoms with Crippen LogP contribution in [0.5, 0.6) is 0 Å². The molecule has 2 rings (SSSR count). The van der Waals surface area contributed by atoms with E-state index >= 15 is 0 Å². The lowest BCUT2D eigenvalue weighted by atomic mass is 9.98. The van der Waals surface area contributed by atoms with Gasteiger partial charge in [0.2, 0.25) is 0 Å². The maximum absolute atomic E-state index is 8.96. The molecule has 1 aliphatic heterocycles.